The Morgan fingerprint density at radius 2 is 2.25 bits per heavy atom. The summed E-state index contributed by atoms with van der Waals surface area (Å²) >= 11 is 0. The quantitative estimate of drug-likeness (QED) is 0.902. The van der Waals surface area contributed by atoms with Crippen LogP contribution in [0, 0.1) is 12.8 Å². The Bertz CT molecular complexity index is 565. The second kappa shape index (κ2) is 5.85. The number of piperidine rings is 1. The van der Waals surface area contributed by atoms with Crippen LogP contribution in [0.1, 0.15) is 24.9 Å². The van der Waals surface area contributed by atoms with Crippen LogP contribution in [0.3, 0.4) is 0 Å². The molecule has 0 bridgehead atoms. The molecule has 1 saturated heterocycles. The van der Waals surface area contributed by atoms with Gasteiger partial charge in [0.2, 0.25) is 10.0 Å². The zero-order valence-electron chi connectivity index (χ0n) is 12.0. The van der Waals surface area contributed by atoms with Gasteiger partial charge in [-0.2, -0.15) is 4.31 Å². The topological polar surface area (TPSA) is 80.0 Å². The number of hydrogen-bond donors (Lipinski definition) is 1. The summed E-state index contributed by atoms with van der Waals surface area (Å²) in [4.78, 5) is 0.131. The fourth-order valence-electron chi connectivity index (χ4n) is 2.53. The van der Waals surface area contributed by atoms with E-state index in [4.69, 9.17) is 14.3 Å². The zero-order valence-corrected chi connectivity index (χ0v) is 12.8. The van der Waals surface area contributed by atoms with Crippen molar-refractivity contribution in [3.05, 3.63) is 17.6 Å². The van der Waals surface area contributed by atoms with Gasteiger partial charge in [-0.15, -0.1) is 0 Å². The molecule has 1 aromatic rings. The van der Waals surface area contributed by atoms with Crippen LogP contribution in [0.2, 0.25) is 0 Å². The molecule has 0 aromatic carbocycles. The summed E-state index contributed by atoms with van der Waals surface area (Å²) in [5.41, 5.74) is 0. The van der Waals surface area contributed by atoms with Crippen molar-refractivity contribution in [2.45, 2.75) is 37.9 Å². The summed E-state index contributed by atoms with van der Waals surface area (Å²) in [5.74, 6) is 0.904. The largest absolute Gasteiger partial charge is 0.462 e. The molecule has 1 fully saturated rings. The SMILES string of the molecule is COC1CN(S(=O)(=O)c2cc(CO)oc2C)CCC1C. The number of aliphatic hydroxyl groups excluding tert-OH is 1. The van der Waals surface area contributed by atoms with Crippen molar-refractivity contribution in [3.63, 3.8) is 0 Å². The monoisotopic (exact) mass is 303 g/mol. The molecule has 1 aromatic heterocycles. The Morgan fingerprint density at radius 1 is 1.55 bits per heavy atom. The summed E-state index contributed by atoms with van der Waals surface area (Å²) in [6, 6.07) is 1.39. The van der Waals surface area contributed by atoms with Crippen molar-refractivity contribution in [1.29, 1.82) is 0 Å². The van der Waals surface area contributed by atoms with Crippen LogP contribution in [0.5, 0.6) is 0 Å². The lowest BCUT2D eigenvalue weighted by atomic mass is 9.97. The molecule has 0 amide bonds. The second-order valence-corrected chi connectivity index (χ2v) is 7.10. The highest BCUT2D eigenvalue weighted by Gasteiger charge is 2.35. The predicted molar refractivity (Wildman–Crippen MR) is 72.7 cm³/mol. The number of furan rings is 1. The number of rotatable bonds is 4. The molecule has 2 unspecified atom stereocenters. The van der Waals surface area contributed by atoms with Gasteiger partial charge in [-0.1, -0.05) is 6.92 Å². The van der Waals surface area contributed by atoms with E-state index in [2.05, 4.69) is 6.92 Å². The van der Waals surface area contributed by atoms with Crippen LogP contribution in [-0.2, 0) is 21.4 Å². The maximum absolute atomic E-state index is 12.6. The van der Waals surface area contributed by atoms with Crippen molar-refractivity contribution in [1.82, 2.24) is 4.31 Å². The molecule has 2 atom stereocenters. The second-order valence-electron chi connectivity index (χ2n) is 5.19. The van der Waals surface area contributed by atoms with Crippen molar-refractivity contribution in [2.75, 3.05) is 20.2 Å². The van der Waals surface area contributed by atoms with Crippen LogP contribution in [-0.4, -0.2) is 44.1 Å². The van der Waals surface area contributed by atoms with E-state index in [0.29, 0.717) is 24.8 Å². The first kappa shape index (κ1) is 15.5. The third kappa shape index (κ3) is 2.76. The smallest absolute Gasteiger partial charge is 0.246 e. The number of ether oxygens (including phenoxy) is 1. The van der Waals surface area contributed by atoms with Gasteiger partial charge in [0.15, 0.2) is 0 Å². The van der Waals surface area contributed by atoms with E-state index in [9.17, 15) is 8.42 Å². The molecular formula is C13H21NO5S. The molecule has 20 heavy (non-hydrogen) atoms. The number of aliphatic hydroxyl groups is 1. The van der Waals surface area contributed by atoms with Gasteiger partial charge in [-0.3, -0.25) is 0 Å². The Labute approximate surface area is 119 Å². The van der Waals surface area contributed by atoms with Crippen LogP contribution in [0.4, 0.5) is 0 Å². The summed E-state index contributed by atoms with van der Waals surface area (Å²) in [6.07, 6.45) is 0.671. The molecule has 1 aliphatic rings. The molecule has 2 rings (SSSR count). The molecule has 2 heterocycles. The van der Waals surface area contributed by atoms with Crippen molar-refractivity contribution in [3.8, 4) is 0 Å². The van der Waals surface area contributed by atoms with Crippen molar-refractivity contribution < 1.29 is 22.7 Å². The van der Waals surface area contributed by atoms with Gasteiger partial charge < -0.3 is 14.3 Å². The molecule has 7 heteroatoms. The van der Waals surface area contributed by atoms with Gasteiger partial charge in [0.1, 0.15) is 23.0 Å². The van der Waals surface area contributed by atoms with Crippen molar-refractivity contribution in [2.24, 2.45) is 5.92 Å². The number of aryl methyl sites for hydroxylation is 1. The highest BCUT2D eigenvalue weighted by molar-refractivity contribution is 7.89. The maximum Gasteiger partial charge on any atom is 0.246 e. The Morgan fingerprint density at radius 3 is 2.80 bits per heavy atom. The molecule has 114 valence electrons. The van der Waals surface area contributed by atoms with E-state index < -0.39 is 10.0 Å². The first-order valence-electron chi connectivity index (χ1n) is 6.63. The molecule has 0 aliphatic carbocycles. The first-order chi connectivity index (χ1) is 9.40. The predicted octanol–water partition coefficient (Wildman–Crippen LogP) is 1.13. The molecule has 1 aliphatic heterocycles. The average molecular weight is 303 g/mol. The number of hydrogen-bond acceptors (Lipinski definition) is 5. The average Bonchev–Trinajstić information content (AvgIpc) is 2.81. The number of sulfonamides is 1. The zero-order chi connectivity index (χ0) is 14.9. The third-order valence-electron chi connectivity index (χ3n) is 3.85. The Hall–Kier alpha value is -0.890. The Balaban J connectivity index is 2.28. The summed E-state index contributed by atoms with van der Waals surface area (Å²) < 4.78 is 37.3. The molecular weight excluding hydrogens is 282 g/mol. The van der Waals surface area contributed by atoms with E-state index in [-0.39, 0.29) is 23.4 Å². The van der Waals surface area contributed by atoms with Gasteiger partial charge in [0.25, 0.3) is 0 Å². The molecule has 6 nitrogen and oxygen atoms in total. The lowest BCUT2D eigenvalue weighted by Gasteiger charge is -2.35. The number of nitrogens with zero attached hydrogens (tertiary/aromatic N) is 1. The maximum atomic E-state index is 12.6. The third-order valence-corrected chi connectivity index (χ3v) is 5.82. The summed E-state index contributed by atoms with van der Waals surface area (Å²) in [5, 5.41) is 9.04. The van der Waals surface area contributed by atoms with Crippen molar-refractivity contribution >= 4 is 10.0 Å². The normalized spacial score (nSPS) is 25.0. The minimum absolute atomic E-state index is 0.0944. The molecule has 1 N–H and O–H groups in total. The summed E-state index contributed by atoms with van der Waals surface area (Å²) in [6.45, 7) is 4.16. The highest BCUT2D eigenvalue weighted by Crippen LogP contribution is 2.28. The van der Waals surface area contributed by atoms with Gasteiger partial charge in [-0.05, 0) is 19.3 Å². The standard InChI is InChI=1S/C13H21NO5S/c1-9-4-5-14(7-12(9)18-3)20(16,17)13-6-11(8-15)19-10(13)2/h6,9,12,15H,4-5,7-8H2,1-3H3. The van der Waals surface area contributed by atoms with E-state index in [0.717, 1.165) is 6.42 Å². The van der Waals surface area contributed by atoms with E-state index >= 15 is 0 Å². The lowest BCUT2D eigenvalue weighted by molar-refractivity contribution is 0.0183. The van der Waals surface area contributed by atoms with Gasteiger partial charge in [0, 0.05) is 26.3 Å². The lowest BCUT2D eigenvalue weighted by Crippen LogP contribution is -2.46. The molecule has 0 saturated carbocycles. The first-order valence-corrected chi connectivity index (χ1v) is 8.07. The van der Waals surface area contributed by atoms with Gasteiger partial charge in [0.05, 0.1) is 6.10 Å². The van der Waals surface area contributed by atoms with Crippen LogP contribution in [0.25, 0.3) is 0 Å². The Kier molecular flexibility index (Phi) is 4.53. The molecule has 0 radical (unpaired) electrons. The minimum atomic E-state index is -3.60. The van der Waals surface area contributed by atoms with Crippen LogP contribution in [0.15, 0.2) is 15.4 Å². The molecule has 0 spiro atoms. The number of methoxy groups -OCH3 is 1. The van der Waals surface area contributed by atoms with E-state index in [1.54, 1.807) is 14.0 Å². The van der Waals surface area contributed by atoms with E-state index in [1.165, 1.54) is 10.4 Å². The minimum Gasteiger partial charge on any atom is -0.462 e. The fraction of sp³-hybridized carbons (Fsp3) is 0.692. The van der Waals surface area contributed by atoms with E-state index in [1.807, 2.05) is 0 Å². The fourth-order valence-corrected chi connectivity index (χ4v) is 4.18. The van der Waals surface area contributed by atoms with Crippen LogP contribution >= 0.6 is 0 Å². The van der Waals surface area contributed by atoms with Gasteiger partial charge >= 0.3 is 0 Å². The van der Waals surface area contributed by atoms with Gasteiger partial charge in [-0.25, -0.2) is 8.42 Å². The highest BCUT2D eigenvalue weighted by atomic mass is 32.2. The summed E-state index contributed by atoms with van der Waals surface area (Å²) in [7, 11) is -2.00. The van der Waals surface area contributed by atoms with Crippen LogP contribution < -0.4 is 0 Å².